The smallest absolute Gasteiger partial charge is 0.178 e. The highest BCUT2D eigenvalue weighted by Crippen LogP contribution is 2.22. The molecular formula is C11H7N3S. The fraction of sp³-hybridized carbons (Fsp3) is 0. The van der Waals surface area contributed by atoms with Gasteiger partial charge in [-0.1, -0.05) is 6.07 Å². The maximum absolute atomic E-state index is 4.50. The van der Waals surface area contributed by atoms with E-state index in [0.29, 0.717) is 5.65 Å². The van der Waals surface area contributed by atoms with Crippen molar-refractivity contribution >= 4 is 22.5 Å². The minimum Gasteiger partial charge on any atom is -0.242 e. The number of aromatic nitrogens is 3. The predicted molar refractivity (Wildman–Crippen MR) is 60.6 cm³/mol. The molecule has 3 aromatic rings. The summed E-state index contributed by atoms with van der Waals surface area (Å²) < 4.78 is 0. The third-order valence-corrected chi connectivity index (χ3v) is 2.98. The zero-order valence-electron chi connectivity index (χ0n) is 7.79. The van der Waals surface area contributed by atoms with E-state index >= 15 is 0 Å². The monoisotopic (exact) mass is 213 g/mol. The Kier molecular flexibility index (Phi) is 1.93. The molecule has 0 aromatic carbocycles. The van der Waals surface area contributed by atoms with Crippen molar-refractivity contribution in [1.82, 2.24) is 15.0 Å². The molecule has 3 rings (SSSR count). The van der Waals surface area contributed by atoms with Crippen LogP contribution in [-0.2, 0) is 0 Å². The molecule has 15 heavy (non-hydrogen) atoms. The summed E-state index contributed by atoms with van der Waals surface area (Å²) in [5, 5.41) is 2.03. The van der Waals surface area contributed by atoms with Gasteiger partial charge in [0.15, 0.2) is 5.65 Å². The van der Waals surface area contributed by atoms with E-state index in [1.54, 1.807) is 23.7 Å². The lowest BCUT2D eigenvalue weighted by Gasteiger charge is -1.98. The number of fused-ring (bicyclic) bond motifs is 1. The second-order valence-corrected chi connectivity index (χ2v) is 4.03. The largest absolute Gasteiger partial charge is 0.242 e. The van der Waals surface area contributed by atoms with Gasteiger partial charge in [0.25, 0.3) is 0 Å². The number of rotatable bonds is 1. The molecule has 3 heterocycles. The van der Waals surface area contributed by atoms with Gasteiger partial charge in [-0.25, -0.2) is 15.0 Å². The standard InChI is InChI=1S/C11H7N3S/c1-3-8-11(12-5-1)13-7-9(14-8)10-4-2-6-15-10/h1-7H. The summed E-state index contributed by atoms with van der Waals surface area (Å²) in [6.45, 7) is 0. The van der Waals surface area contributed by atoms with Crippen molar-refractivity contribution in [2.75, 3.05) is 0 Å². The average molecular weight is 213 g/mol. The summed E-state index contributed by atoms with van der Waals surface area (Å²) in [4.78, 5) is 14.0. The Balaban J connectivity index is 2.22. The molecule has 0 radical (unpaired) electrons. The molecule has 0 atom stereocenters. The molecule has 0 aliphatic rings. The van der Waals surface area contributed by atoms with Gasteiger partial charge >= 0.3 is 0 Å². The van der Waals surface area contributed by atoms with Crippen molar-refractivity contribution in [1.29, 1.82) is 0 Å². The highest BCUT2D eigenvalue weighted by molar-refractivity contribution is 7.13. The summed E-state index contributed by atoms with van der Waals surface area (Å²) in [7, 11) is 0. The van der Waals surface area contributed by atoms with Crippen LogP contribution in [0.5, 0.6) is 0 Å². The topological polar surface area (TPSA) is 38.7 Å². The van der Waals surface area contributed by atoms with Gasteiger partial charge in [-0.05, 0) is 23.6 Å². The quantitative estimate of drug-likeness (QED) is 0.624. The average Bonchev–Trinajstić information content (AvgIpc) is 2.82. The van der Waals surface area contributed by atoms with E-state index in [1.807, 2.05) is 29.6 Å². The van der Waals surface area contributed by atoms with Gasteiger partial charge in [-0.3, -0.25) is 0 Å². The van der Waals surface area contributed by atoms with E-state index in [0.717, 1.165) is 16.1 Å². The van der Waals surface area contributed by atoms with Gasteiger partial charge in [-0.2, -0.15) is 0 Å². The zero-order valence-corrected chi connectivity index (χ0v) is 8.61. The van der Waals surface area contributed by atoms with Crippen molar-refractivity contribution in [3.05, 3.63) is 42.0 Å². The molecule has 4 heteroatoms. The first-order valence-electron chi connectivity index (χ1n) is 4.55. The van der Waals surface area contributed by atoms with Gasteiger partial charge < -0.3 is 0 Å². The summed E-state index contributed by atoms with van der Waals surface area (Å²) in [6, 6.07) is 7.84. The van der Waals surface area contributed by atoms with Crippen LogP contribution in [0.2, 0.25) is 0 Å². The van der Waals surface area contributed by atoms with E-state index in [-0.39, 0.29) is 0 Å². The van der Waals surface area contributed by atoms with Crippen LogP contribution >= 0.6 is 11.3 Å². The molecule has 0 spiro atoms. The van der Waals surface area contributed by atoms with Crippen molar-refractivity contribution in [2.24, 2.45) is 0 Å². The molecule has 0 bridgehead atoms. The van der Waals surface area contributed by atoms with E-state index in [4.69, 9.17) is 0 Å². The van der Waals surface area contributed by atoms with Crippen LogP contribution in [0.15, 0.2) is 42.0 Å². The Morgan fingerprint density at radius 3 is 2.93 bits per heavy atom. The van der Waals surface area contributed by atoms with E-state index in [2.05, 4.69) is 15.0 Å². The van der Waals surface area contributed by atoms with E-state index < -0.39 is 0 Å². The number of hydrogen-bond donors (Lipinski definition) is 0. The molecule has 3 nitrogen and oxygen atoms in total. The van der Waals surface area contributed by atoms with Gasteiger partial charge in [0, 0.05) is 6.20 Å². The lowest BCUT2D eigenvalue weighted by Crippen LogP contribution is -1.88. The number of nitrogens with zero attached hydrogens (tertiary/aromatic N) is 3. The molecule has 0 fully saturated rings. The fourth-order valence-electron chi connectivity index (χ4n) is 1.40. The SMILES string of the molecule is c1csc(-c2cnc3ncccc3n2)c1. The lowest BCUT2D eigenvalue weighted by molar-refractivity contribution is 1.23. The minimum atomic E-state index is 0.692. The number of hydrogen-bond acceptors (Lipinski definition) is 4. The van der Waals surface area contributed by atoms with Crippen LogP contribution < -0.4 is 0 Å². The Morgan fingerprint density at radius 2 is 2.07 bits per heavy atom. The zero-order chi connectivity index (χ0) is 10.1. The fourth-order valence-corrected chi connectivity index (χ4v) is 2.08. The Hall–Kier alpha value is -1.81. The predicted octanol–water partition coefficient (Wildman–Crippen LogP) is 2.75. The van der Waals surface area contributed by atoms with Gasteiger partial charge in [-0.15, -0.1) is 11.3 Å². The number of pyridine rings is 1. The molecule has 0 aliphatic carbocycles. The summed E-state index contributed by atoms with van der Waals surface area (Å²) in [5.41, 5.74) is 2.44. The molecule has 0 amide bonds. The van der Waals surface area contributed by atoms with E-state index in [9.17, 15) is 0 Å². The van der Waals surface area contributed by atoms with Crippen molar-refractivity contribution in [2.45, 2.75) is 0 Å². The van der Waals surface area contributed by atoms with Crippen LogP contribution in [-0.4, -0.2) is 15.0 Å². The molecule has 72 valence electrons. The van der Waals surface area contributed by atoms with Gasteiger partial charge in [0.2, 0.25) is 0 Å². The third-order valence-electron chi connectivity index (χ3n) is 2.09. The summed E-state index contributed by atoms with van der Waals surface area (Å²) in [5.74, 6) is 0. The van der Waals surface area contributed by atoms with Crippen LogP contribution in [0.4, 0.5) is 0 Å². The second-order valence-electron chi connectivity index (χ2n) is 3.08. The van der Waals surface area contributed by atoms with Crippen LogP contribution in [0.25, 0.3) is 21.7 Å². The second kappa shape index (κ2) is 3.40. The van der Waals surface area contributed by atoms with Crippen LogP contribution in [0.3, 0.4) is 0 Å². The molecule has 0 N–H and O–H groups in total. The Labute approximate surface area is 90.5 Å². The molecule has 0 saturated carbocycles. The third kappa shape index (κ3) is 1.49. The molecule has 3 aromatic heterocycles. The highest BCUT2D eigenvalue weighted by atomic mass is 32.1. The Bertz CT molecular complexity index is 590. The molecule has 0 saturated heterocycles. The first kappa shape index (κ1) is 8.49. The maximum Gasteiger partial charge on any atom is 0.178 e. The van der Waals surface area contributed by atoms with Gasteiger partial charge in [0.1, 0.15) is 5.52 Å². The van der Waals surface area contributed by atoms with Crippen molar-refractivity contribution in [3.63, 3.8) is 0 Å². The maximum atomic E-state index is 4.50. The first-order valence-corrected chi connectivity index (χ1v) is 5.43. The van der Waals surface area contributed by atoms with Crippen LogP contribution in [0, 0.1) is 0 Å². The Morgan fingerprint density at radius 1 is 1.07 bits per heavy atom. The van der Waals surface area contributed by atoms with E-state index in [1.165, 1.54) is 0 Å². The normalized spacial score (nSPS) is 10.7. The molecule has 0 aliphatic heterocycles. The molecular weight excluding hydrogens is 206 g/mol. The summed E-state index contributed by atoms with van der Waals surface area (Å²) in [6.07, 6.45) is 3.49. The lowest BCUT2D eigenvalue weighted by atomic mass is 10.3. The highest BCUT2D eigenvalue weighted by Gasteiger charge is 2.02. The summed E-state index contributed by atoms with van der Waals surface area (Å²) >= 11 is 1.66. The molecule has 0 unspecified atom stereocenters. The van der Waals surface area contributed by atoms with Gasteiger partial charge in [0.05, 0.1) is 16.8 Å². The first-order chi connectivity index (χ1) is 7.43. The number of thiophene rings is 1. The minimum absolute atomic E-state index is 0.692. The van der Waals surface area contributed by atoms with Crippen molar-refractivity contribution < 1.29 is 0 Å². The van der Waals surface area contributed by atoms with Crippen molar-refractivity contribution in [3.8, 4) is 10.6 Å². The van der Waals surface area contributed by atoms with Crippen LogP contribution in [0.1, 0.15) is 0 Å².